The molecule has 0 aliphatic carbocycles. The van der Waals surface area contributed by atoms with E-state index in [1.54, 1.807) is 7.11 Å². The van der Waals surface area contributed by atoms with Crippen LogP contribution in [0.2, 0.25) is 0 Å². The quantitative estimate of drug-likeness (QED) is 0.836. The van der Waals surface area contributed by atoms with Crippen LogP contribution >= 0.6 is 0 Å². The van der Waals surface area contributed by atoms with E-state index in [0.29, 0.717) is 6.42 Å². The molecule has 0 N–H and O–H groups in total. The van der Waals surface area contributed by atoms with Gasteiger partial charge in [0.2, 0.25) is 5.91 Å². The molecule has 0 unspecified atom stereocenters. The molecule has 0 aromatic carbocycles. The Bertz CT molecular complexity index is 618. The molecule has 1 amide bonds. The lowest BCUT2D eigenvalue weighted by molar-refractivity contribution is -0.188. The van der Waals surface area contributed by atoms with E-state index in [0.717, 1.165) is 63.2 Å². The van der Waals surface area contributed by atoms with Gasteiger partial charge in [-0.15, -0.1) is 0 Å². The largest absolute Gasteiger partial charge is 0.378 e. The van der Waals surface area contributed by atoms with E-state index in [9.17, 15) is 4.79 Å². The summed E-state index contributed by atoms with van der Waals surface area (Å²) < 4.78 is 13.7. The molecule has 1 aromatic heterocycles. The number of likely N-dealkylation sites (tertiary alicyclic amines) is 1. The van der Waals surface area contributed by atoms with E-state index in [2.05, 4.69) is 12.0 Å². The first-order chi connectivity index (χ1) is 12.0. The molecule has 2 aliphatic heterocycles. The van der Waals surface area contributed by atoms with Crippen molar-refractivity contribution in [1.82, 2.24) is 14.7 Å². The normalized spacial score (nSPS) is 23.2. The lowest BCUT2D eigenvalue weighted by Gasteiger charge is -2.48. The number of carbonyl (C=O) groups excluding carboxylic acids is 1. The Hall–Kier alpha value is -1.40. The van der Waals surface area contributed by atoms with Crippen molar-refractivity contribution < 1.29 is 14.3 Å². The van der Waals surface area contributed by atoms with Gasteiger partial charge in [0, 0.05) is 46.0 Å². The fraction of sp³-hybridized carbons (Fsp3) is 0.789. The molecule has 25 heavy (non-hydrogen) atoms. The van der Waals surface area contributed by atoms with Crippen LogP contribution in [-0.4, -0.2) is 59.1 Å². The monoisotopic (exact) mass is 349 g/mol. The summed E-state index contributed by atoms with van der Waals surface area (Å²) in [5.74, 6) is 0.238. The highest BCUT2D eigenvalue weighted by molar-refractivity contribution is 5.76. The first kappa shape index (κ1) is 18.4. The van der Waals surface area contributed by atoms with Crippen LogP contribution in [0.15, 0.2) is 0 Å². The highest BCUT2D eigenvalue weighted by atomic mass is 16.5. The number of aromatic nitrogens is 2. The van der Waals surface area contributed by atoms with Crippen molar-refractivity contribution in [1.29, 1.82) is 0 Å². The first-order valence-corrected chi connectivity index (χ1v) is 9.40. The van der Waals surface area contributed by atoms with E-state index in [1.165, 1.54) is 5.56 Å². The molecule has 1 atom stereocenters. The fourth-order valence-corrected chi connectivity index (χ4v) is 4.40. The number of ether oxygens (including phenoxy) is 2. The molecular formula is C19H31N3O3. The number of piperidine rings is 1. The van der Waals surface area contributed by atoms with Gasteiger partial charge in [0.25, 0.3) is 0 Å². The third kappa shape index (κ3) is 3.60. The van der Waals surface area contributed by atoms with Gasteiger partial charge >= 0.3 is 0 Å². The van der Waals surface area contributed by atoms with Gasteiger partial charge in [0.05, 0.1) is 17.4 Å². The van der Waals surface area contributed by atoms with Crippen LogP contribution < -0.4 is 0 Å². The zero-order chi connectivity index (χ0) is 18.0. The summed E-state index contributed by atoms with van der Waals surface area (Å²) in [7, 11) is 3.73. The average molecular weight is 349 g/mol. The molecule has 3 heterocycles. The van der Waals surface area contributed by atoms with Crippen molar-refractivity contribution in [2.45, 2.75) is 64.1 Å². The first-order valence-electron chi connectivity index (χ1n) is 9.40. The molecular weight excluding hydrogens is 318 g/mol. The van der Waals surface area contributed by atoms with Gasteiger partial charge in [-0.25, -0.2) is 0 Å². The molecule has 1 aromatic rings. The van der Waals surface area contributed by atoms with Crippen LogP contribution in [0.1, 0.15) is 49.1 Å². The Balaban J connectivity index is 1.55. The lowest BCUT2D eigenvalue weighted by Crippen LogP contribution is -2.56. The van der Waals surface area contributed by atoms with Crippen LogP contribution in [0, 0.1) is 13.8 Å². The van der Waals surface area contributed by atoms with Crippen molar-refractivity contribution in [3.05, 3.63) is 17.0 Å². The Morgan fingerprint density at radius 1 is 1.36 bits per heavy atom. The molecule has 0 saturated carbocycles. The van der Waals surface area contributed by atoms with E-state index in [4.69, 9.17) is 9.47 Å². The zero-order valence-electron chi connectivity index (χ0n) is 16.0. The third-order valence-electron chi connectivity index (χ3n) is 6.08. The van der Waals surface area contributed by atoms with Gasteiger partial charge in [-0.1, -0.05) is 0 Å². The Morgan fingerprint density at radius 2 is 2.08 bits per heavy atom. The predicted molar refractivity (Wildman–Crippen MR) is 95.5 cm³/mol. The average Bonchev–Trinajstić information content (AvgIpc) is 2.86. The smallest absolute Gasteiger partial charge is 0.222 e. The molecule has 3 rings (SSSR count). The molecule has 0 radical (unpaired) electrons. The maximum absolute atomic E-state index is 12.6. The maximum atomic E-state index is 12.6. The molecule has 2 aliphatic rings. The SMILES string of the molecule is CO[C@H]1CCCOC12CCN(C(=O)CCc1c(C)nn(C)c1C)CC2. The Labute approximate surface area is 150 Å². The van der Waals surface area contributed by atoms with Crippen LogP contribution in [0.4, 0.5) is 0 Å². The topological polar surface area (TPSA) is 56.6 Å². The van der Waals surface area contributed by atoms with Gasteiger partial charge < -0.3 is 14.4 Å². The molecule has 6 heteroatoms. The van der Waals surface area contributed by atoms with Gasteiger partial charge in [0.15, 0.2) is 0 Å². The van der Waals surface area contributed by atoms with Crippen LogP contribution in [-0.2, 0) is 27.7 Å². The summed E-state index contributed by atoms with van der Waals surface area (Å²) in [5.41, 5.74) is 3.21. The standard InChI is InChI=1S/C19H31N3O3/c1-14-16(15(2)21(3)20-14)7-8-18(23)22-11-9-19(10-12-22)17(24-4)6-5-13-25-19/h17H,5-13H2,1-4H3/t17-/m0/s1. The minimum Gasteiger partial charge on any atom is -0.378 e. The Kier molecular flexibility index (Phi) is 5.49. The molecule has 1 spiro atoms. The highest BCUT2D eigenvalue weighted by Gasteiger charge is 2.45. The number of hydrogen-bond donors (Lipinski definition) is 0. The number of aryl methyl sites for hydroxylation is 2. The minimum absolute atomic E-state index is 0.166. The van der Waals surface area contributed by atoms with E-state index >= 15 is 0 Å². The number of nitrogens with zero attached hydrogens (tertiary/aromatic N) is 3. The van der Waals surface area contributed by atoms with Crippen molar-refractivity contribution in [3.63, 3.8) is 0 Å². The second kappa shape index (κ2) is 7.46. The van der Waals surface area contributed by atoms with Gasteiger partial charge in [-0.05, 0) is 51.5 Å². The van der Waals surface area contributed by atoms with Gasteiger partial charge in [0.1, 0.15) is 0 Å². The van der Waals surface area contributed by atoms with Crippen molar-refractivity contribution in [3.8, 4) is 0 Å². The van der Waals surface area contributed by atoms with E-state index in [-0.39, 0.29) is 17.6 Å². The van der Waals surface area contributed by atoms with Crippen LogP contribution in [0.25, 0.3) is 0 Å². The molecule has 2 saturated heterocycles. The summed E-state index contributed by atoms with van der Waals surface area (Å²) in [4.78, 5) is 14.6. The fourth-order valence-electron chi connectivity index (χ4n) is 4.40. The Morgan fingerprint density at radius 3 is 2.68 bits per heavy atom. The summed E-state index contributed by atoms with van der Waals surface area (Å²) in [6, 6.07) is 0. The zero-order valence-corrected chi connectivity index (χ0v) is 16.0. The second-order valence-corrected chi connectivity index (χ2v) is 7.43. The maximum Gasteiger partial charge on any atom is 0.222 e. The van der Waals surface area contributed by atoms with Crippen LogP contribution in [0.5, 0.6) is 0 Å². The molecule has 0 bridgehead atoms. The number of rotatable bonds is 4. The summed E-state index contributed by atoms with van der Waals surface area (Å²) in [6.45, 7) is 6.43. The lowest BCUT2D eigenvalue weighted by atomic mass is 9.81. The molecule has 6 nitrogen and oxygen atoms in total. The predicted octanol–water partition coefficient (Wildman–Crippen LogP) is 2.16. The number of carbonyl (C=O) groups is 1. The van der Waals surface area contributed by atoms with Crippen LogP contribution in [0.3, 0.4) is 0 Å². The minimum atomic E-state index is -0.180. The van der Waals surface area contributed by atoms with Crippen molar-refractivity contribution >= 4 is 5.91 Å². The third-order valence-corrected chi connectivity index (χ3v) is 6.08. The summed E-state index contributed by atoms with van der Waals surface area (Å²) >= 11 is 0. The molecule has 2 fully saturated rings. The van der Waals surface area contributed by atoms with E-state index < -0.39 is 0 Å². The van der Waals surface area contributed by atoms with Gasteiger partial charge in [-0.2, -0.15) is 5.10 Å². The summed E-state index contributed by atoms with van der Waals surface area (Å²) in [6.07, 6.45) is 5.36. The van der Waals surface area contributed by atoms with Crippen molar-refractivity contribution in [2.24, 2.45) is 7.05 Å². The number of amides is 1. The highest BCUT2D eigenvalue weighted by Crippen LogP contribution is 2.37. The van der Waals surface area contributed by atoms with Gasteiger partial charge in [-0.3, -0.25) is 9.48 Å². The second-order valence-electron chi connectivity index (χ2n) is 7.43. The number of methoxy groups -OCH3 is 1. The summed E-state index contributed by atoms with van der Waals surface area (Å²) in [5, 5.41) is 4.44. The molecule has 140 valence electrons. The van der Waals surface area contributed by atoms with Crippen molar-refractivity contribution in [2.75, 3.05) is 26.8 Å². The van der Waals surface area contributed by atoms with E-state index in [1.807, 2.05) is 23.6 Å². The number of hydrogen-bond acceptors (Lipinski definition) is 4.